The van der Waals surface area contributed by atoms with Gasteiger partial charge in [-0.25, -0.2) is 0 Å². The first-order valence-electron chi connectivity index (χ1n) is 13.9. The van der Waals surface area contributed by atoms with Crippen molar-refractivity contribution in [2.45, 2.75) is 153 Å². The number of aliphatic hydroxyl groups excluding tert-OH is 3. The minimum atomic E-state index is -1.27. The third-order valence-electron chi connectivity index (χ3n) is 6.75. The Morgan fingerprint density at radius 2 is 1.12 bits per heavy atom. The van der Waals surface area contributed by atoms with Gasteiger partial charge in [-0.1, -0.05) is 116 Å². The van der Waals surface area contributed by atoms with Gasteiger partial charge in [0.2, 0.25) is 0 Å². The summed E-state index contributed by atoms with van der Waals surface area (Å²) in [7, 11) is 0. The van der Waals surface area contributed by atoms with Crippen molar-refractivity contribution >= 4 is 5.97 Å². The van der Waals surface area contributed by atoms with Crippen molar-refractivity contribution in [2.24, 2.45) is 0 Å². The van der Waals surface area contributed by atoms with Crippen molar-refractivity contribution in [1.29, 1.82) is 0 Å². The van der Waals surface area contributed by atoms with Crippen LogP contribution in [0.1, 0.15) is 129 Å². The lowest BCUT2D eigenvalue weighted by Gasteiger charge is -2.34. The first kappa shape index (κ1) is 30.3. The highest BCUT2D eigenvalue weighted by molar-refractivity contribution is 5.69. The van der Waals surface area contributed by atoms with Gasteiger partial charge in [-0.3, -0.25) is 4.79 Å². The summed E-state index contributed by atoms with van der Waals surface area (Å²) in [6, 6.07) is 0. The number of esters is 1. The van der Waals surface area contributed by atoms with E-state index in [1.807, 2.05) is 0 Å². The van der Waals surface area contributed by atoms with Crippen molar-refractivity contribution in [3.63, 3.8) is 0 Å². The maximum atomic E-state index is 11.8. The molecule has 6 heteroatoms. The molecule has 0 radical (unpaired) electrons. The lowest BCUT2D eigenvalue weighted by Crippen LogP contribution is -2.54. The summed E-state index contributed by atoms with van der Waals surface area (Å²) in [5.41, 5.74) is 0. The molecule has 196 valence electrons. The smallest absolute Gasteiger partial charge is 0.305 e. The van der Waals surface area contributed by atoms with Crippen LogP contribution in [0.4, 0.5) is 0 Å². The SMILES string of the molecule is CCCCCCCCCCCCCCCCCCCCC(=O)OC[C@H]1OC[C@@H](O)[C@@H](O)[C@@H]1O. The summed E-state index contributed by atoms with van der Waals surface area (Å²) < 4.78 is 10.4. The number of unbranched alkanes of at least 4 members (excludes halogenated alkanes) is 17. The molecule has 3 N–H and O–H groups in total. The summed E-state index contributed by atoms with van der Waals surface area (Å²) in [6.07, 6.45) is 19.6. The van der Waals surface area contributed by atoms with E-state index in [-0.39, 0.29) is 19.2 Å². The van der Waals surface area contributed by atoms with Gasteiger partial charge in [0.25, 0.3) is 0 Å². The average molecular weight is 473 g/mol. The van der Waals surface area contributed by atoms with Gasteiger partial charge in [-0.05, 0) is 6.42 Å². The van der Waals surface area contributed by atoms with Crippen molar-refractivity contribution in [2.75, 3.05) is 13.2 Å². The van der Waals surface area contributed by atoms with E-state index < -0.39 is 24.4 Å². The van der Waals surface area contributed by atoms with Gasteiger partial charge in [0.1, 0.15) is 31.0 Å². The third-order valence-corrected chi connectivity index (χ3v) is 6.75. The molecule has 0 aromatic heterocycles. The maximum Gasteiger partial charge on any atom is 0.305 e. The predicted octanol–water partition coefficient (Wildman–Crippen LogP) is 5.44. The van der Waals surface area contributed by atoms with E-state index in [9.17, 15) is 20.1 Å². The van der Waals surface area contributed by atoms with Crippen molar-refractivity contribution in [3.05, 3.63) is 0 Å². The fourth-order valence-corrected chi connectivity index (χ4v) is 4.43. The molecule has 0 spiro atoms. The second kappa shape index (κ2) is 20.7. The molecule has 1 aliphatic heterocycles. The van der Waals surface area contributed by atoms with Crippen LogP contribution < -0.4 is 0 Å². The maximum absolute atomic E-state index is 11.8. The van der Waals surface area contributed by atoms with E-state index in [0.717, 1.165) is 19.3 Å². The molecule has 0 unspecified atom stereocenters. The first-order chi connectivity index (χ1) is 16.1. The zero-order chi connectivity index (χ0) is 24.2. The Kier molecular flexibility index (Phi) is 19.0. The predicted molar refractivity (Wildman–Crippen MR) is 132 cm³/mol. The van der Waals surface area contributed by atoms with Gasteiger partial charge in [0.15, 0.2) is 0 Å². The van der Waals surface area contributed by atoms with E-state index in [0.29, 0.717) is 6.42 Å². The molecule has 1 saturated heterocycles. The van der Waals surface area contributed by atoms with Gasteiger partial charge >= 0.3 is 5.97 Å². The van der Waals surface area contributed by atoms with Crippen molar-refractivity contribution < 1.29 is 29.6 Å². The number of hydrogen-bond acceptors (Lipinski definition) is 6. The zero-order valence-corrected chi connectivity index (χ0v) is 21.2. The second-order valence-corrected chi connectivity index (χ2v) is 9.86. The molecule has 0 aromatic carbocycles. The standard InChI is InChI=1S/C27H52O6/c1-2-3-4-5-6-7-8-9-10-11-12-13-14-15-16-17-18-19-20-25(29)33-22-24-27(31)26(30)23(28)21-32-24/h23-24,26-28,30-31H,2-22H2,1H3/t23-,24-,26-,27-/m1/s1. The molecule has 6 nitrogen and oxygen atoms in total. The number of carbonyl (C=O) groups excluding carboxylic acids is 1. The molecule has 4 atom stereocenters. The topological polar surface area (TPSA) is 96.2 Å². The van der Waals surface area contributed by atoms with Crippen LogP contribution >= 0.6 is 0 Å². The lowest BCUT2D eigenvalue weighted by atomic mass is 10.0. The van der Waals surface area contributed by atoms with E-state index >= 15 is 0 Å². The second-order valence-electron chi connectivity index (χ2n) is 9.86. The first-order valence-corrected chi connectivity index (χ1v) is 13.9. The third kappa shape index (κ3) is 15.8. The Hall–Kier alpha value is -0.690. The summed E-state index contributed by atoms with van der Waals surface area (Å²) in [5.74, 6) is -0.303. The highest BCUT2D eigenvalue weighted by Crippen LogP contribution is 2.17. The largest absolute Gasteiger partial charge is 0.463 e. The molecule has 1 rings (SSSR count). The Morgan fingerprint density at radius 3 is 1.58 bits per heavy atom. The quantitative estimate of drug-likeness (QED) is 0.152. The normalized spacial score (nSPS) is 23.0. The van der Waals surface area contributed by atoms with Gasteiger partial charge in [0.05, 0.1) is 6.61 Å². The van der Waals surface area contributed by atoms with Gasteiger partial charge < -0.3 is 24.8 Å². The van der Waals surface area contributed by atoms with Gasteiger partial charge in [0, 0.05) is 6.42 Å². The summed E-state index contributed by atoms with van der Waals surface area (Å²) in [4.78, 5) is 11.8. The van der Waals surface area contributed by atoms with Crippen molar-refractivity contribution in [3.8, 4) is 0 Å². The highest BCUT2D eigenvalue weighted by atomic mass is 16.6. The monoisotopic (exact) mass is 472 g/mol. The minimum absolute atomic E-state index is 0.0697. The fraction of sp³-hybridized carbons (Fsp3) is 0.963. The number of carbonyl (C=O) groups is 1. The van der Waals surface area contributed by atoms with Crippen molar-refractivity contribution in [1.82, 2.24) is 0 Å². The molecule has 0 saturated carbocycles. The van der Waals surface area contributed by atoms with Crippen LogP contribution in [0.2, 0.25) is 0 Å². The Morgan fingerprint density at radius 1 is 0.697 bits per heavy atom. The summed E-state index contributed by atoms with van der Waals surface area (Å²) in [5, 5.41) is 28.9. The van der Waals surface area contributed by atoms with Crippen LogP contribution in [-0.4, -0.2) is 58.9 Å². The molecule has 1 aliphatic rings. The van der Waals surface area contributed by atoms with Crippen LogP contribution in [0, 0.1) is 0 Å². The molecular formula is C27H52O6. The van der Waals surface area contributed by atoms with E-state index in [1.54, 1.807) is 0 Å². The number of hydrogen-bond donors (Lipinski definition) is 3. The highest BCUT2D eigenvalue weighted by Gasteiger charge is 2.38. The Bertz CT molecular complexity index is 458. The van der Waals surface area contributed by atoms with Crippen LogP contribution in [0.15, 0.2) is 0 Å². The molecule has 0 aliphatic carbocycles. The van der Waals surface area contributed by atoms with Gasteiger partial charge in [-0.2, -0.15) is 0 Å². The summed E-state index contributed by atoms with van der Waals surface area (Å²) in [6.45, 7) is 2.11. The average Bonchev–Trinajstić information content (AvgIpc) is 2.81. The zero-order valence-electron chi connectivity index (χ0n) is 21.2. The molecule has 33 heavy (non-hydrogen) atoms. The fourth-order valence-electron chi connectivity index (χ4n) is 4.43. The van der Waals surface area contributed by atoms with E-state index in [2.05, 4.69) is 6.92 Å². The summed E-state index contributed by atoms with van der Waals surface area (Å²) >= 11 is 0. The van der Waals surface area contributed by atoms with Crippen LogP contribution in [-0.2, 0) is 14.3 Å². The van der Waals surface area contributed by atoms with E-state index in [1.165, 1.54) is 96.3 Å². The molecular weight excluding hydrogens is 420 g/mol. The number of ether oxygens (including phenoxy) is 2. The number of rotatable bonds is 21. The lowest BCUT2D eigenvalue weighted by molar-refractivity contribution is -0.201. The molecule has 0 amide bonds. The molecule has 1 fully saturated rings. The van der Waals surface area contributed by atoms with E-state index in [4.69, 9.17) is 9.47 Å². The minimum Gasteiger partial charge on any atom is -0.463 e. The molecule has 1 heterocycles. The molecule has 0 bridgehead atoms. The van der Waals surface area contributed by atoms with Gasteiger partial charge in [-0.15, -0.1) is 0 Å². The van der Waals surface area contributed by atoms with Crippen LogP contribution in [0.25, 0.3) is 0 Å². The van der Waals surface area contributed by atoms with Crippen LogP contribution in [0.5, 0.6) is 0 Å². The van der Waals surface area contributed by atoms with Crippen LogP contribution in [0.3, 0.4) is 0 Å². The Labute approximate surface area is 202 Å². The Balaban J connectivity index is 1.79. The molecule has 0 aromatic rings. The number of aliphatic hydroxyl groups is 3.